The minimum atomic E-state index is -3.48. The summed E-state index contributed by atoms with van der Waals surface area (Å²) in [4.78, 5) is 10.8. The molecule has 6 heteroatoms. The van der Waals surface area contributed by atoms with Gasteiger partial charge in [-0.05, 0) is 6.42 Å². The van der Waals surface area contributed by atoms with E-state index in [2.05, 4.69) is 0 Å². The topological polar surface area (TPSA) is 17.1 Å². The molecule has 0 amide bonds. The highest BCUT2D eigenvalue weighted by Gasteiger charge is 2.38. The third-order valence-corrected chi connectivity index (χ3v) is 3.13. The second-order valence-corrected chi connectivity index (χ2v) is 4.54. The molecule has 96 valence electrons. The molecule has 0 aliphatic rings. The van der Waals surface area contributed by atoms with E-state index in [-0.39, 0.29) is 17.3 Å². The van der Waals surface area contributed by atoms with E-state index in [0.717, 1.165) is 11.8 Å². The van der Waals surface area contributed by atoms with Gasteiger partial charge in [-0.25, -0.2) is 13.2 Å². The Kier molecular flexibility index (Phi) is 7.80. The fourth-order valence-corrected chi connectivity index (χ4v) is 1.78. The zero-order valence-corrected chi connectivity index (χ0v) is 9.96. The van der Waals surface area contributed by atoms with E-state index in [1.165, 1.54) is 0 Å². The van der Waals surface area contributed by atoms with E-state index in [1.807, 2.05) is 0 Å². The average Bonchev–Trinajstić information content (AvgIpc) is 2.24. The second-order valence-electron chi connectivity index (χ2n) is 3.38. The molecule has 0 rings (SSSR count). The molecule has 1 nitrogen and oxygen atoms in total. The van der Waals surface area contributed by atoms with Gasteiger partial charge in [0.1, 0.15) is 0 Å². The fraction of sp³-hybridized carbons (Fsp3) is 0.900. The zero-order chi connectivity index (χ0) is 12.6. The van der Waals surface area contributed by atoms with Crippen LogP contribution < -0.4 is 0 Å². The van der Waals surface area contributed by atoms with Gasteiger partial charge >= 0.3 is 0 Å². The minimum absolute atomic E-state index is 0.0517. The molecule has 1 atom stereocenters. The predicted octanol–water partition coefficient (Wildman–Crippen LogP) is 3.77. The number of rotatable bonds is 8. The molecule has 0 aromatic carbocycles. The van der Waals surface area contributed by atoms with Crippen molar-refractivity contribution in [3.05, 3.63) is 0 Å². The van der Waals surface area contributed by atoms with Gasteiger partial charge in [0.25, 0.3) is 5.92 Å². The predicted molar refractivity (Wildman–Crippen MR) is 57.4 cm³/mol. The first kappa shape index (κ1) is 15.7. The summed E-state index contributed by atoms with van der Waals surface area (Å²) in [6.07, 6.45) is -3.43. The molecular weight excluding hydrogens is 244 g/mol. The molecule has 0 saturated carbocycles. The quantitative estimate of drug-likeness (QED) is 0.488. The summed E-state index contributed by atoms with van der Waals surface area (Å²) in [5, 5.41) is -0.0659. The summed E-state index contributed by atoms with van der Waals surface area (Å²) >= 11 is 0.973. The summed E-state index contributed by atoms with van der Waals surface area (Å²) in [7, 11) is 0. The van der Waals surface area contributed by atoms with Crippen molar-refractivity contribution < 1.29 is 22.4 Å². The van der Waals surface area contributed by atoms with Gasteiger partial charge < -0.3 is 0 Å². The summed E-state index contributed by atoms with van der Waals surface area (Å²) in [5.41, 5.74) is 0. The van der Waals surface area contributed by atoms with Crippen molar-refractivity contribution in [2.24, 2.45) is 0 Å². The molecule has 0 N–H and O–H groups in total. The molecule has 0 spiro atoms. The standard InChI is InChI=1S/C10H16F4OS/c1-2-9(15)16-7-3-5-10(13,14)8(12)4-6-11/h8H,2-7H2,1H3. The Labute approximate surface area is 97.0 Å². The largest absolute Gasteiger partial charge is 0.287 e. The van der Waals surface area contributed by atoms with Gasteiger partial charge in [-0.2, -0.15) is 0 Å². The van der Waals surface area contributed by atoms with Crippen LogP contribution in [-0.2, 0) is 4.79 Å². The number of thioether (sulfide) groups is 1. The van der Waals surface area contributed by atoms with E-state index in [0.29, 0.717) is 6.42 Å². The Hall–Kier alpha value is -0.260. The Balaban J connectivity index is 3.77. The average molecular weight is 260 g/mol. The van der Waals surface area contributed by atoms with Crippen LogP contribution in [0.25, 0.3) is 0 Å². The lowest BCUT2D eigenvalue weighted by atomic mass is 10.1. The molecule has 0 bridgehead atoms. The van der Waals surface area contributed by atoms with Gasteiger partial charge in [0, 0.05) is 25.0 Å². The third-order valence-electron chi connectivity index (χ3n) is 2.03. The first-order chi connectivity index (χ1) is 7.44. The maximum Gasteiger partial charge on any atom is 0.278 e. The Morgan fingerprint density at radius 1 is 1.44 bits per heavy atom. The lowest BCUT2D eigenvalue weighted by Gasteiger charge is -2.19. The summed E-state index contributed by atoms with van der Waals surface area (Å²) in [6, 6.07) is 0. The van der Waals surface area contributed by atoms with Crippen LogP contribution in [0.1, 0.15) is 32.6 Å². The summed E-state index contributed by atoms with van der Waals surface area (Å²) in [6.45, 7) is 0.600. The summed E-state index contributed by atoms with van der Waals surface area (Å²) < 4.78 is 50.4. The maximum absolute atomic E-state index is 13.0. The van der Waals surface area contributed by atoms with E-state index in [9.17, 15) is 22.4 Å². The molecule has 0 aliphatic heterocycles. The first-order valence-electron chi connectivity index (χ1n) is 5.17. The van der Waals surface area contributed by atoms with Crippen LogP contribution in [0.3, 0.4) is 0 Å². The van der Waals surface area contributed by atoms with Crippen LogP contribution in [0.15, 0.2) is 0 Å². The lowest BCUT2D eigenvalue weighted by Crippen LogP contribution is -2.30. The maximum atomic E-state index is 13.0. The van der Waals surface area contributed by atoms with Crippen LogP contribution in [0.5, 0.6) is 0 Å². The molecule has 0 aromatic heterocycles. The van der Waals surface area contributed by atoms with Crippen molar-refractivity contribution in [3.63, 3.8) is 0 Å². The number of hydrogen-bond acceptors (Lipinski definition) is 2. The van der Waals surface area contributed by atoms with Crippen molar-refractivity contribution in [1.82, 2.24) is 0 Å². The van der Waals surface area contributed by atoms with Crippen molar-refractivity contribution in [1.29, 1.82) is 0 Å². The number of hydrogen-bond donors (Lipinski definition) is 0. The van der Waals surface area contributed by atoms with E-state index in [4.69, 9.17) is 0 Å². The van der Waals surface area contributed by atoms with E-state index < -0.39 is 31.6 Å². The fourth-order valence-electron chi connectivity index (χ4n) is 1.06. The van der Waals surface area contributed by atoms with Crippen LogP contribution in [0.4, 0.5) is 17.6 Å². The van der Waals surface area contributed by atoms with Crippen LogP contribution in [0.2, 0.25) is 0 Å². The van der Waals surface area contributed by atoms with Gasteiger partial charge in [-0.1, -0.05) is 18.7 Å². The van der Waals surface area contributed by atoms with Crippen molar-refractivity contribution in [3.8, 4) is 0 Å². The van der Waals surface area contributed by atoms with Crippen LogP contribution in [-0.4, -0.2) is 29.6 Å². The van der Waals surface area contributed by atoms with Gasteiger partial charge in [0.2, 0.25) is 0 Å². The van der Waals surface area contributed by atoms with Gasteiger partial charge in [0.15, 0.2) is 11.3 Å². The molecule has 0 radical (unpaired) electrons. The van der Waals surface area contributed by atoms with Gasteiger partial charge in [-0.15, -0.1) is 0 Å². The van der Waals surface area contributed by atoms with Crippen molar-refractivity contribution in [2.75, 3.05) is 12.4 Å². The molecule has 1 unspecified atom stereocenters. The van der Waals surface area contributed by atoms with E-state index >= 15 is 0 Å². The first-order valence-corrected chi connectivity index (χ1v) is 6.16. The highest BCUT2D eigenvalue weighted by molar-refractivity contribution is 8.13. The number of halogens is 4. The zero-order valence-electron chi connectivity index (χ0n) is 9.15. The Morgan fingerprint density at radius 3 is 2.56 bits per heavy atom. The van der Waals surface area contributed by atoms with Gasteiger partial charge in [0.05, 0.1) is 6.67 Å². The van der Waals surface area contributed by atoms with Crippen LogP contribution >= 0.6 is 11.8 Å². The van der Waals surface area contributed by atoms with E-state index in [1.54, 1.807) is 6.92 Å². The summed E-state index contributed by atoms with van der Waals surface area (Å²) in [5.74, 6) is -3.23. The number of carbonyl (C=O) groups excluding carboxylic acids is 1. The minimum Gasteiger partial charge on any atom is -0.287 e. The van der Waals surface area contributed by atoms with Gasteiger partial charge in [-0.3, -0.25) is 9.18 Å². The third kappa shape index (κ3) is 6.35. The molecule has 0 heterocycles. The smallest absolute Gasteiger partial charge is 0.278 e. The highest BCUT2D eigenvalue weighted by atomic mass is 32.2. The highest BCUT2D eigenvalue weighted by Crippen LogP contribution is 2.29. The Morgan fingerprint density at radius 2 is 2.06 bits per heavy atom. The molecule has 0 saturated heterocycles. The normalized spacial score (nSPS) is 13.8. The second kappa shape index (κ2) is 7.92. The SMILES string of the molecule is CCC(=O)SCCCC(F)(F)C(F)CCF. The number of alkyl halides is 4. The molecular formula is C10H16F4OS. The monoisotopic (exact) mass is 260 g/mol. The van der Waals surface area contributed by atoms with Crippen molar-refractivity contribution >= 4 is 16.9 Å². The Bertz CT molecular complexity index is 211. The molecule has 0 fully saturated rings. The molecule has 0 aromatic rings. The van der Waals surface area contributed by atoms with Crippen LogP contribution in [0, 0.1) is 0 Å². The number of carbonyl (C=O) groups is 1. The lowest BCUT2D eigenvalue weighted by molar-refractivity contribution is -0.110. The molecule has 0 aliphatic carbocycles. The molecule has 16 heavy (non-hydrogen) atoms. The van der Waals surface area contributed by atoms with Crippen molar-refractivity contribution in [2.45, 2.75) is 44.7 Å².